The summed E-state index contributed by atoms with van der Waals surface area (Å²) >= 11 is 9.81. The third-order valence-corrected chi connectivity index (χ3v) is 5.72. The maximum Gasteiger partial charge on any atom is 0.513 e. The summed E-state index contributed by atoms with van der Waals surface area (Å²) < 4.78 is 10.5. The molecule has 1 aliphatic heterocycles. The number of amides is 1. The molecule has 1 aliphatic rings. The summed E-state index contributed by atoms with van der Waals surface area (Å²) in [6, 6.07) is 10.00. The van der Waals surface area contributed by atoms with E-state index in [0.717, 1.165) is 29.7 Å². The van der Waals surface area contributed by atoms with Crippen LogP contribution < -0.4 is 15.4 Å². The highest BCUT2D eigenvalue weighted by Crippen LogP contribution is 2.34. The van der Waals surface area contributed by atoms with E-state index in [9.17, 15) is 9.59 Å². The molecule has 0 spiro atoms. The molecule has 154 valence electrons. The number of para-hydroxylation sites is 1. The number of fused-ring (bicyclic) bond motifs is 1. The number of ether oxygens (including phenoxy) is 2. The van der Waals surface area contributed by atoms with E-state index >= 15 is 0 Å². The van der Waals surface area contributed by atoms with E-state index in [1.807, 2.05) is 12.1 Å². The van der Waals surface area contributed by atoms with Crippen LogP contribution in [-0.2, 0) is 22.4 Å². The number of benzene rings is 2. The average Bonchev–Trinajstić information content (AvgIpc) is 2.69. The van der Waals surface area contributed by atoms with Crippen molar-refractivity contribution < 1.29 is 19.1 Å². The maximum atomic E-state index is 13.1. The Hall–Kier alpha value is -2.09. The minimum Gasteiger partial charge on any atom is -0.434 e. The topological polar surface area (TPSA) is 81.9 Å². The summed E-state index contributed by atoms with van der Waals surface area (Å²) in [5.74, 6) is 0.175. The van der Waals surface area contributed by atoms with Crippen molar-refractivity contribution in [3.05, 3.63) is 57.0 Å². The number of nitrogens with zero attached hydrogens (tertiary/aromatic N) is 1. The predicted molar refractivity (Wildman–Crippen MR) is 116 cm³/mol. The Labute approximate surface area is 183 Å². The summed E-state index contributed by atoms with van der Waals surface area (Å²) in [6.07, 6.45) is 1.33. The number of rotatable bonds is 5. The van der Waals surface area contributed by atoms with Crippen molar-refractivity contribution >= 4 is 45.3 Å². The van der Waals surface area contributed by atoms with Gasteiger partial charge >= 0.3 is 6.16 Å². The Bertz CT molecular complexity index is 922. The van der Waals surface area contributed by atoms with Crippen LogP contribution in [0.4, 0.5) is 10.5 Å². The second kappa shape index (κ2) is 9.61. The smallest absolute Gasteiger partial charge is 0.434 e. The van der Waals surface area contributed by atoms with Crippen molar-refractivity contribution in [3.63, 3.8) is 0 Å². The molecule has 0 bridgehead atoms. The van der Waals surface area contributed by atoms with Crippen LogP contribution in [-0.4, -0.2) is 31.3 Å². The summed E-state index contributed by atoms with van der Waals surface area (Å²) in [6.45, 7) is 2.53. The molecule has 1 atom stereocenters. The molecule has 1 unspecified atom stereocenters. The number of anilines is 1. The van der Waals surface area contributed by atoms with E-state index in [-0.39, 0.29) is 12.5 Å². The summed E-state index contributed by atoms with van der Waals surface area (Å²) in [7, 11) is 0. The van der Waals surface area contributed by atoms with Gasteiger partial charge in [-0.15, -0.1) is 0 Å². The zero-order chi connectivity index (χ0) is 21.0. The molecule has 29 heavy (non-hydrogen) atoms. The number of hydrogen-bond acceptors (Lipinski definition) is 5. The Morgan fingerprint density at radius 3 is 2.83 bits per heavy atom. The molecule has 0 aliphatic carbocycles. The molecule has 3 rings (SSSR count). The molecule has 1 amide bonds. The molecule has 8 heteroatoms. The van der Waals surface area contributed by atoms with Gasteiger partial charge in [0.15, 0.2) is 0 Å². The van der Waals surface area contributed by atoms with Gasteiger partial charge < -0.3 is 20.1 Å². The lowest BCUT2D eigenvalue weighted by Gasteiger charge is -2.32. The SMILES string of the molecule is CCOC(=O)Oc1ccc(CC(N)C(=O)N2CCCc3cccc(Cl)c32)c(Br)c1. The number of hydrogen-bond donors (Lipinski definition) is 1. The molecule has 0 aromatic heterocycles. The van der Waals surface area contributed by atoms with Crippen LogP contribution in [0.2, 0.25) is 5.02 Å². The fourth-order valence-electron chi connectivity index (χ4n) is 3.35. The Morgan fingerprint density at radius 1 is 1.31 bits per heavy atom. The molecule has 0 saturated carbocycles. The molecule has 2 N–H and O–H groups in total. The second-order valence-electron chi connectivity index (χ2n) is 6.69. The number of aryl methyl sites for hydroxylation is 1. The van der Waals surface area contributed by atoms with E-state index in [0.29, 0.717) is 28.2 Å². The second-order valence-corrected chi connectivity index (χ2v) is 7.95. The zero-order valence-corrected chi connectivity index (χ0v) is 18.3. The van der Waals surface area contributed by atoms with E-state index in [1.54, 1.807) is 36.1 Å². The lowest BCUT2D eigenvalue weighted by molar-refractivity contribution is -0.119. The molecule has 1 heterocycles. The summed E-state index contributed by atoms with van der Waals surface area (Å²) in [4.78, 5) is 26.2. The monoisotopic (exact) mass is 480 g/mol. The van der Waals surface area contributed by atoms with Gasteiger partial charge in [-0.3, -0.25) is 4.79 Å². The standard InChI is InChI=1S/C21H22BrClN2O4/c1-2-28-21(27)29-15-9-8-14(16(22)12-15)11-18(24)20(26)25-10-4-6-13-5-3-7-17(23)19(13)25/h3,5,7-9,12,18H,2,4,6,10-11,24H2,1H3. The zero-order valence-electron chi connectivity index (χ0n) is 16.0. The molecule has 2 aromatic carbocycles. The van der Waals surface area contributed by atoms with Crippen molar-refractivity contribution in [1.29, 1.82) is 0 Å². The van der Waals surface area contributed by atoms with Crippen LogP contribution in [0.25, 0.3) is 0 Å². The Morgan fingerprint density at radius 2 is 2.10 bits per heavy atom. The molecule has 6 nitrogen and oxygen atoms in total. The maximum absolute atomic E-state index is 13.1. The molecule has 0 radical (unpaired) electrons. The van der Waals surface area contributed by atoms with Gasteiger partial charge in [0.1, 0.15) is 5.75 Å². The Kier molecular flexibility index (Phi) is 7.16. The van der Waals surface area contributed by atoms with E-state index in [2.05, 4.69) is 15.9 Å². The van der Waals surface area contributed by atoms with Crippen LogP contribution in [0.5, 0.6) is 5.75 Å². The van der Waals surface area contributed by atoms with Gasteiger partial charge in [0.25, 0.3) is 0 Å². The Balaban J connectivity index is 1.72. The van der Waals surface area contributed by atoms with Crippen molar-refractivity contribution in [1.82, 2.24) is 0 Å². The quantitative estimate of drug-likeness (QED) is 0.503. The first-order valence-electron chi connectivity index (χ1n) is 9.38. The van der Waals surface area contributed by atoms with Crippen molar-refractivity contribution in [3.8, 4) is 5.75 Å². The van der Waals surface area contributed by atoms with Gasteiger partial charge in [-0.05, 0) is 55.5 Å². The van der Waals surface area contributed by atoms with E-state index in [1.165, 1.54) is 0 Å². The predicted octanol–water partition coefficient (Wildman–Crippen LogP) is 4.49. The first-order chi connectivity index (χ1) is 13.9. The third-order valence-electron chi connectivity index (χ3n) is 4.68. The molecule has 0 saturated heterocycles. The van der Waals surface area contributed by atoms with Crippen molar-refractivity contribution in [2.45, 2.75) is 32.2 Å². The lowest BCUT2D eigenvalue weighted by Crippen LogP contribution is -2.47. The first kappa shape index (κ1) is 21.6. The number of carbonyl (C=O) groups is 2. The van der Waals surface area contributed by atoms with Gasteiger partial charge in [-0.1, -0.05) is 45.7 Å². The fraction of sp³-hybridized carbons (Fsp3) is 0.333. The van der Waals surface area contributed by atoms with Gasteiger partial charge in [-0.2, -0.15) is 0 Å². The highest BCUT2D eigenvalue weighted by molar-refractivity contribution is 9.10. The van der Waals surface area contributed by atoms with Crippen LogP contribution in [0.1, 0.15) is 24.5 Å². The third kappa shape index (κ3) is 5.10. The first-order valence-corrected chi connectivity index (χ1v) is 10.5. The largest absolute Gasteiger partial charge is 0.513 e. The van der Waals surface area contributed by atoms with Gasteiger partial charge in [0.2, 0.25) is 5.91 Å². The molecular weight excluding hydrogens is 460 g/mol. The highest BCUT2D eigenvalue weighted by Gasteiger charge is 2.28. The van der Waals surface area contributed by atoms with Crippen LogP contribution in [0, 0.1) is 0 Å². The van der Waals surface area contributed by atoms with Crippen LogP contribution in [0.15, 0.2) is 40.9 Å². The van der Waals surface area contributed by atoms with Crippen molar-refractivity contribution in [2.24, 2.45) is 5.73 Å². The average molecular weight is 482 g/mol. The highest BCUT2D eigenvalue weighted by atomic mass is 79.9. The summed E-state index contributed by atoms with van der Waals surface area (Å²) in [5.41, 5.74) is 8.91. The van der Waals surface area contributed by atoms with Crippen LogP contribution >= 0.6 is 27.5 Å². The number of nitrogens with two attached hydrogens (primary N) is 1. The van der Waals surface area contributed by atoms with Gasteiger partial charge in [-0.25, -0.2) is 4.79 Å². The molecule has 0 fully saturated rings. The normalized spacial score (nSPS) is 14.1. The van der Waals surface area contributed by atoms with E-state index in [4.69, 9.17) is 26.8 Å². The van der Waals surface area contributed by atoms with E-state index < -0.39 is 12.2 Å². The van der Waals surface area contributed by atoms with Crippen molar-refractivity contribution in [2.75, 3.05) is 18.1 Å². The molecular formula is C21H22BrClN2O4. The fourth-order valence-corrected chi connectivity index (χ4v) is 4.16. The van der Waals surface area contributed by atoms with Gasteiger partial charge in [0, 0.05) is 11.0 Å². The molecule has 2 aromatic rings. The summed E-state index contributed by atoms with van der Waals surface area (Å²) in [5, 5.41) is 0.560. The lowest BCUT2D eigenvalue weighted by atomic mass is 9.99. The van der Waals surface area contributed by atoms with Crippen LogP contribution in [0.3, 0.4) is 0 Å². The minimum atomic E-state index is -0.764. The number of halogens is 2. The van der Waals surface area contributed by atoms with Gasteiger partial charge in [0.05, 0.1) is 23.4 Å². The number of carbonyl (C=O) groups excluding carboxylic acids is 2. The minimum absolute atomic E-state index is 0.169.